The summed E-state index contributed by atoms with van der Waals surface area (Å²) in [5.74, 6) is 0. The van der Waals surface area contributed by atoms with Crippen LogP contribution in [-0.2, 0) is 11.6 Å². The summed E-state index contributed by atoms with van der Waals surface area (Å²) in [6, 6.07) is 0. The largest absolute Gasteiger partial charge is 0.433 e. The van der Waals surface area contributed by atoms with Gasteiger partial charge in [0.1, 0.15) is 5.69 Å². The van der Waals surface area contributed by atoms with E-state index in [1.807, 2.05) is 5.10 Å². The Morgan fingerprint density at radius 1 is 1.43 bits per heavy atom. The molecular weight excluding hydrogens is 197 g/mol. The van der Waals surface area contributed by atoms with Crippen molar-refractivity contribution in [2.24, 2.45) is 0 Å². The second-order valence-corrected chi connectivity index (χ2v) is 3.70. The van der Waals surface area contributed by atoms with Crippen molar-refractivity contribution < 1.29 is 18.3 Å². The lowest BCUT2D eigenvalue weighted by Gasteiger charge is -2.22. The van der Waals surface area contributed by atoms with E-state index in [4.69, 9.17) is 5.11 Å². The minimum absolute atomic E-state index is 0.0208. The predicted octanol–water partition coefficient (Wildman–Crippen LogP) is 1.70. The molecule has 0 aliphatic carbocycles. The number of aliphatic hydroxyl groups is 1. The van der Waals surface area contributed by atoms with Crippen LogP contribution in [0.5, 0.6) is 0 Å². The molecule has 0 atom stereocenters. The quantitative estimate of drug-likeness (QED) is 0.777. The Hall–Kier alpha value is -1.04. The Kier molecular flexibility index (Phi) is 2.58. The highest BCUT2D eigenvalue weighted by molar-refractivity contribution is 5.27. The first-order valence-electron chi connectivity index (χ1n) is 4.01. The van der Waals surface area contributed by atoms with Gasteiger partial charge in [0.25, 0.3) is 0 Å². The zero-order valence-corrected chi connectivity index (χ0v) is 7.81. The summed E-state index contributed by atoms with van der Waals surface area (Å²) in [7, 11) is 0. The van der Waals surface area contributed by atoms with E-state index in [-0.39, 0.29) is 12.2 Å². The van der Waals surface area contributed by atoms with Crippen molar-refractivity contribution in [1.29, 1.82) is 0 Å². The van der Waals surface area contributed by atoms with Gasteiger partial charge in [-0.15, -0.1) is 0 Å². The number of rotatable bonds is 2. The van der Waals surface area contributed by atoms with Crippen LogP contribution in [0.4, 0.5) is 13.2 Å². The number of nitrogens with zero attached hydrogens (tertiary/aromatic N) is 1. The Morgan fingerprint density at radius 2 is 2.00 bits per heavy atom. The highest BCUT2D eigenvalue weighted by Crippen LogP contribution is 2.35. The first-order chi connectivity index (χ1) is 6.29. The van der Waals surface area contributed by atoms with Gasteiger partial charge in [0.15, 0.2) is 0 Å². The molecular formula is C8H11F3N2O. The summed E-state index contributed by atoms with van der Waals surface area (Å²) in [4.78, 5) is 0. The van der Waals surface area contributed by atoms with Gasteiger partial charge in [0, 0.05) is 11.0 Å². The number of aromatic nitrogens is 2. The van der Waals surface area contributed by atoms with Crippen molar-refractivity contribution in [3.05, 3.63) is 17.5 Å². The molecule has 80 valence electrons. The van der Waals surface area contributed by atoms with Gasteiger partial charge in [-0.1, -0.05) is 13.8 Å². The highest BCUT2D eigenvalue weighted by Gasteiger charge is 2.39. The molecule has 1 rings (SSSR count). The van der Waals surface area contributed by atoms with Crippen LogP contribution < -0.4 is 0 Å². The average molecular weight is 208 g/mol. The lowest BCUT2D eigenvalue weighted by Crippen LogP contribution is -2.25. The molecule has 14 heavy (non-hydrogen) atoms. The highest BCUT2D eigenvalue weighted by atomic mass is 19.4. The summed E-state index contributed by atoms with van der Waals surface area (Å²) < 4.78 is 37.2. The summed E-state index contributed by atoms with van der Waals surface area (Å²) >= 11 is 0. The second-order valence-electron chi connectivity index (χ2n) is 3.70. The summed E-state index contributed by atoms with van der Waals surface area (Å²) in [5.41, 5.74) is -1.86. The standard InChI is InChI=1S/C8H11F3N2O/c1-7(2,4-14)5-3-12-13-6(5)8(9,10)11/h3,14H,4H2,1-2H3,(H,12,13). The summed E-state index contributed by atoms with van der Waals surface area (Å²) in [6.45, 7) is 2.68. The number of halogens is 3. The number of hydrogen-bond acceptors (Lipinski definition) is 2. The van der Waals surface area contributed by atoms with Gasteiger partial charge in [-0.05, 0) is 0 Å². The minimum atomic E-state index is -4.46. The second kappa shape index (κ2) is 3.27. The van der Waals surface area contributed by atoms with Crippen molar-refractivity contribution in [1.82, 2.24) is 10.2 Å². The van der Waals surface area contributed by atoms with Gasteiger partial charge < -0.3 is 5.11 Å². The molecule has 0 saturated carbocycles. The topological polar surface area (TPSA) is 48.9 Å². The monoisotopic (exact) mass is 208 g/mol. The van der Waals surface area contributed by atoms with E-state index in [1.165, 1.54) is 13.8 Å². The average Bonchev–Trinajstić information content (AvgIpc) is 2.51. The third-order valence-corrected chi connectivity index (χ3v) is 2.05. The van der Waals surface area contributed by atoms with Gasteiger partial charge in [-0.2, -0.15) is 18.3 Å². The zero-order chi connectivity index (χ0) is 11.0. The predicted molar refractivity (Wildman–Crippen MR) is 43.7 cm³/mol. The number of aliphatic hydroxyl groups excluding tert-OH is 1. The van der Waals surface area contributed by atoms with Gasteiger partial charge in [0.05, 0.1) is 12.8 Å². The molecule has 0 saturated heterocycles. The van der Waals surface area contributed by atoms with Crippen LogP contribution in [0.1, 0.15) is 25.1 Å². The maximum absolute atomic E-state index is 12.4. The molecule has 0 spiro atoms. The molecule has 1 aromatic heterocycles. The first kappa shape index (κ1) is 11.0. The van der Waals surface area contributed by atoms with E-state index in [0.29, 0.717) is 0 Å². The maximum atomic E-state index is 12.4. The molecule has 1 heterocycles. The fraction of sp³-hybridized carbons (Fsp3) is 0.625. The van der Waals surface area contributed by atoms with E-state index in [0.717, 1.165) is 6.20 Å². The number of H-pyrrole nitrogens is 1. The first-order valence-corrected chi connectivity index (χ1v) is 4.01. The van der Waals surface area contributed by atoms with Crippen LogP contribution in [0.25, 0.3) is 0 Å². The zero-order valence-electron chi connectivity index (χ0n) is 7.81. The van der Waals surface area contributed by atoms with E-state index >= 15 is 0 Å². The minimum Gasteiger partial charge on any atom is -0.395 e. The van der Waals surface area contributed by atoms with Gasteiger partial charge in [-0.25, -0.2) is 0 Å². The summed E-state index contributed by atoms with van der Waals surface area (Å²) in [5, 5.41) is 14.2. The van der Waals surface area contributed by atoms with E-state index in [1.54, 1.807) is 0 Å². The van der Waals surface area contributed by atoms with Crippen LogP contribution in [-0.4, -0.2) is 21.9 Å². The SMILES string of the molecule is CC(C)(CO)c1cn[nH]c1C(F)(F)F. The van der Waals surface area contributed by atoms with Crippen molar-refractivity contribution in [3.63, 3.8) is 0 Å². The van der Waals surface area contributed by atoms with Crippen LogP contribution >= 0.6 is 0 Å². The summed E-state index contributed by atoms with van der Waals surface area (Å²) in [6.07, 6.45) is -3.36. The molecule has 0 amide bonds. The van der Waals surface area contributed by atoms with Crippen LogP contribution in [0.2, 0.25) is 0 Å². The molecule has 0 unspecified atom stereocenters. The third-order valence-electron chi connectivity index (χ3n) is 2.05. The molecule has 2 N–H and O–H groups in total. The van der Waals surface area contributed by atoms with E-state index in [2.05, 4.69) is 5.10 Å². The Bertz CT molecular complexity index is 317. The molecule has 1 aromatic rings. The molecule has 0 bridgehead atoms. The molecule has 0 fully saturated rings. The van der Waals surface area contributed by atoms with Crippen LogP contribution in [0.3, 0.4) is 0 Å². The Balaban J connectivity index is 3.18. The fourth-order valence-corrected chi connectivity index (χ4v) is 1.10. The number of aromatic amines is 1. The Labute approximate surface area is 78.9 Å². The maximum Gasteiger partial charge on any atom is 0.433 e. The molecule has 6 heteroatoms. The molecule has 3 nitrogen and oxygen atoms in total. The Morgan fingerprint density at radius 3 is 2.43 bits per heavy atom. The van der Waals surface area contributed by atoms with Gasteiger partial charge in [-0.3, -0.25) is 5.10 Å². The number of alkyl halides is 3. The fourth-order valence-electron chi connectivity index (χ4n) is 1.10. The molecule has 0 aromatic carbocycles. The van der Waals surface area contributed by atoms with Crippen molar-refractivity contribution in [2.45, 2.75) is 25.4 Å². The smallest absolute Gasteiger partial charge is 0.395 e. The lowest BCUT2D eigenvalue weighted by molar-refractivity contribution is -0.142. The van der Waals surface area contributed by atoms with E-state index < -0.39 is 17.3 Å². The van der Waals surface area contributed by atoms with Gasteiger partial charge in [0.2, 0.25) is 0 Å². The van der Waals surface area contributed by atoms with Crippen LogP contribution in [0.15, 0.2) is 6.20 Å². The lowest BCUT2D eigenvalue weighted by atomic mass is 9.86. The van der Waals surface area contributed by atoms with Gasteiger partial charge >= 0.3 is 6.18 Å². The molecule has 0 aliphatic heterocycles. The third kappa shape index (κ3) is 1.89. The van der Waals surface area contributed by atoms with E-state index in [9.17, 15) is 13.2 Å². The van der Waals surface area contributed by atoms with Crippen molar-refractivity contribution in [3.8, 4) is 0 Å². The van der Waals surface area contributed by atoms with Crippen LogP contribution in [0, 0.1) is 0 Å². The number of nitrogens with one attached hydrogen (secondary N) is 1. The normalized spacial score (nSPS) is 13.3. The van der Waals surface area contributed by atoms with Crippen molar-refractivity contribution >= 4 is 0 Å². The molecule has 0 radical (unpaired) electrons. The number of hydrogen-bond donors (Lipinski definition) is 2. The van der Waals surface area contributed by atoms with Crippen molar-refractivity contribution in [2.75, 3.05) is 6.61 Å². The molecule has 0 aliphatic rings.